The Morgan fingerprint density at radius 3 is 2.91 bits per heavy atom. The summed E-state index contributed by atoms with van der Waals surface area (Å²) in [5, 5.41) is 3.44. The fourth-order valence-corrected chi connectivity index (χ4v) is 2.64. The molecular weight excluding hydrogens is 296 g/mol. The van der Waals surface area contributed by atoms with Crippen molar-refractivity contribution in [3.8, 4) is 11.9 Å². The summed E-state index contributed by atoms with van der Waals surface area (Å²) in [7, 11) is 3.13. The first-order chi connectivity index (χ1) is 11.3. The lowest BCUT2D eigenvalue weighted by molar-refractivity contribution is 0.351. The predicted molar refractivity (Wildman–Crippen MR) is 86.0 cm³/mol. The second-order valence-corrected chi connectivity index (χ2v) is 5.28. The molecule has 0 amide bonds. The minimum atomic E-state index is 0.297. The molecule has 2 aromatic heterocycles. The van der Waals surface area contributed by atoms with Crippen LogP contribution in [-0.4, -0.2) is 53.3 Å². The standard InChI is InChI=1S/C15H20N6O2/c1-22-14-8-13(19-15(20-14)23-2)21-7-3-4-11(9-21)18-12-5-6-16-10-17-12/h5-6,8,10-11H,3-4,7,9H2,1-2H3,(H,16,17,18). The molecule has 8 nitrogen and oxygen atoms in total. The van der Waals surface area contributed by atoms with E-state index in [1.807, 2.05) is 12.1 Å². The first-order valence-corrected chi connectivity index (χ1v) is 7.53. The van der Waals surface area contributed by atoms with Crippen LogP contribution in [0.5, 0.6) is 11.9 Å². The minimum Gasteiger partial charge on any atom is -0.481 e. The fourth-order valence-electron chi connectivity index (χ4n) is 2.64. The third-order valence-corrected chi connectivity index (χ3v) is 3.74. The van der Waals surface area contributed by atoms with Crippen molar-refractivity contribution < 1.29 is 9.47 Å². The molecule has 0 aliphatic carbocycles. The number of ether oxygens (including phenoxy) is 2. The molecule has 23 heavy (non-hydrogen) atoms. The van der Waals surface area contributed by atoms with Gasteiger partial charge in [0.25, 0.3) is 0 Å². The average molecular weight is 316 g/mol. The SMILES string of the molecule is COc1cc(N2CCCC(Nc3ccncn3)C2)nc(OC)n1. The molecule has 0 bridgehead atoms. The Balaban J connectivity index is 1.73. The molecule has 1 atom stereocenters. The molecule has 0 spiro atoms. The molecule has 8 heteroatoms. The highest BCUT2D eigenvalue weighted by Gasteiger charge is 2.22. The van der Waals surface area contributed by atoms with E-state index < -0.39 is 0 Å². The summed E-state index contributed by atoms with van der Waals surface area (Å²) in [6.07, 6.45) is 5.43. The molecule has 0 aromatic carbocycles. The fraction of sp³-hybridized carbons (Fsp3) is 0.467. The third-order valence-electron chi connectivity index (χ3n) is 3.74. The van der Waals surface area contributed by atoms with Crippen LogP contribution >= 0.6 is 0 Å². The maximum Gasteiger partial charge on any atom is 0.321 e. The van der Waals surface area contributed by atoms with Crippen molar-refractivity contribution in [2.45, 2.75) is 18.9 Å². The van der Waals surface area contributed by atoms with Gasteiger partial charge in [-0.25, -0.2) is 9.97 Å². The van der Waals surface area contributed by atoms with Crippen LogP contribution < -0.4 is 19.7 Å². The van der Waals surface area contributed by atoms with E-state index in [-0.39, 0.29) is 0 Å². The Morgan fingerprint density at radius 1 is 1.26 bits per heavy atom. The maximum absolute atomic E-state index is 5.22. The number of hydrogen-bond acceptors (Lipinski definition) is 8. The van der Waals surface area contributed by atoms with E-state index in [9.17, 15) is 0 Å². The molecule has 1 unspecified atom stereocenters. The highest BCUT2D eigenvalue weighted by atomic mass is 16.5. The second-order valence-electron chi connectivity index (χ2n) is 5.28. The Bertz CT molecular complexity index is 617. The zero-order valence-corrected chi connectivity index (χ0v) is 13.3. The van der Waals surface area contributed by atoms with E-state index in [4.69, 9.17) is 9.47 Å². The molecule has 3 rings (SSSR count). The monoisotopic (exact) mass is 316 g/mol. The lowest BCUT2D eigenvalue weighted by Crippen LogP contribution is -2.42. The van der Waals surface area contributed by atoms with Gasteiger partial charge in [-0.2, -0.15) is 9.97 Å². The van der Waals surface area contributed by atoms with Crippen LogP contribution in [0, 0.1) is 0 Å². The van der Waals surface area contributed by atoms with Crippen molar-refractivity contribution in [2.75, 3.05) is 37.5 Å². The highest BCUT2D eigenvalue weighted by molar-refractivity contribution is 5.44. The number of methoxy groups -OCH3 is 2. The van der Waals surface area contributed by atoms with E-state index in [0.29, 0.717) is 17.9 Å². The van der Waals surface area contributed by atoms with E-state index in [1.54, 1.807) is 26.7 Å². The Kier molecular flexibility index (Phi) is 4.70. The van der Waals surface area contributed by atoms with Gasteiger partial charge < -0.3 is 19.7 Å². The highest BCUT2D eigenvalue weighted by Crippen LogP contribution is 2.24. The maximum atomic E-state index is 5.22. The van der Waals surface area contributed by atoms with Gasteiger partial charge in [0.05, 0.1) is 14.2 Å². The summed E-state index contributed by atoms with van der Waals surface area (Å²) in [4.78, 5) is 18.9. The van der Waals surface area contributed by atoms with Crippen molar-refractivity contribution >= 4 is 11.6 Å². The largest absolute Gasteiger partial charge is 0.481 e. The average Bonchev–Trinajstić information content (AvgIpc) is 2.62. The van der Waals surface area contributed by atoms with Crippen LogP contribution in [0.2, 0.25) is 0 Å². The molecule has 1 fully saturated rings. The van der Waals surface area contributed by atoms with Crippen molar-refractivity contribution in [3.63, 3.8) is 0 Å². The van der Waals surface area contributed by atoms with Crippen molar-refractivity contribution in [2.24, 2.45) is 0 Å². The van der Waals surface area contributed by atoms with Crippen LogP contribution in [0.15, 0.2) is 24.7 Å². The summed E-state index contributed by atoms with van der Waals surface area (Å²) < 4.78 is 10.4. The molecule has 1 N–H and O–H groups in total. The summed E-state index contributed by atoms with van der Waals surface area (Å²) in [5.74, 6) is 2.14. The molecule has 122 valence electrons. The molecule has 1 saturated heterocycles. The topological polar surface area (TPSA) is 85.3 Å². The molecular formula is C15H20N6O2. The van der Waals surface area contributed by atoms with Gasteiger partial charge >= 0.3 is 6.01 Å². The van der Waals surface area contributed by atoms with Gasteiger partial charge in [-0.05, 0) is 18.9 Å². The summed E-state index contributed by atoms with van der Waals surface area (Å²) in [6, 6.07) is 4.31. The number of nitrogens with zero attached hydrogens (tertiary/aromatic N) is 5. The van der Waals surface area contributed by atoms with E-state index in [2.05, 4.69) is 30.2 Å². The second kappa shape index (κ2) is 7.08. The Hall–Kier alpha value is -2.64. The van der Waals surface area contributed by atoms with Gasteiger partial charge in [-0.1, -0.05) is 0 Å². The van der Waals surface area contributed by atoms with Gasteiger partial charge in [-0.3, -0.25) is 0 Å². The van der Waals surface area contributed by atoms with Gasteiger partial charge in [0, 0.05) is 31.4 Å². The van der Waals surface area contributed by atoms with Gasteiger partial charge in [0.2, 0.25) is 5.88 Å². The van der Waals surface area contributed by atoms with Crippen LogP contribution in [0.3, 0.4) is 0 Å². The predicted octanol–water partition coefficient (Wildman–Crippen LogP) is 1.36. The van der Waals surface area contributed by atoms with Gasteiger partial charge in [0.1, 0.15) is 18.0 Å². The Morgan fingerprint density at radius 2 is 2.17 bits per heavy atom. The number of hydrogen-bond donors (Lipinski definition) is 1. The summed E-state index contributed by atoms with van der Waals surface area (Å²) in [6.45, 7) is 1.76. The van der Waals surface area contributed by atoms with Crippen molar-refractivity contribution in [3.05, 3.63) is 24.7 Å². The molecule has 0 saturated carbocycles. The van der Waals surface area contributed by atoms with Crippen LogP contribution in [-0.2, 0) is 0 Å². The van der Waals surface area contributed by atoms with Crippen LogP contribution in [0.4, 0.5) is 11.6 Å². The lowest BCUT2D eigenvalue weighted by atomic mass is 10.1. The number of nitrogens with one attached hydrogen (secondary N) is 1. The minimum absolute atomic E-state index is 0.297. The quantitative estimate of drug-likeness (QED) is 0.885. The normalized spacial score (nSPS) is 17.7. The molecule has 0 radical (unpaired) electrons. The number of aromatic nitrogens is 4. The lowest BCUT2D eigenvalue weighted by Gasteiger charge is -2.34. The van der Waals surface area contributed by atoms with Crippen LogP contribution in [0.25, 0.3) is 0 Å². The number of rotatable bonds is 5. The summed E-state index contributed by atoms with van der Waals surface area (Å²) in [5.41, 5.74) is 0. The number of anilines is 2. The number of piperidine rings is 1. The summed E-state index contributed by atoms with van der Waals surface area (Å²) >= 11 is 0. The van der Waals surface area contributed by atoms with Gasteiger partial charge in [-0.15, -0.1) is 0 Å². The Labute approximate surface area is 134 Å². The first-order valence-electron chi connectivity index (χ1n) is 7.53. The van der Waals surface area contributed by atoms with Crippen molar-refractivity contribution in [1.82, 2.24) is 19.9 Å². The van der Waals surface area contributed by atoms with Crippen LogP contribution in [0.1, 0.15) is 12.8 Å². The smallest absolute Gasteiger partial charge is 0.321 e. The molecule has 1 aliphatic rings. The van der Waals surface area contributed by atoms with E-state index in [0.717, 1.165) is 37.6 Å². The van der Waals surface area contributed by atoms with Gasteiger partial charge in [0.15, 0.2) is 0 Å². The van der Waals surface area contributed by atoms with Crippen molar-refractivity contribution in [1.29, 1.82) is 0 Å². The zero-order chi connectivity index (χ0) is 16.1. The first kappa shape index (κ1) is 15.3. The molecule has 1 aliphatic heterocycles. The third kappa shape index (κ3) is 3.77. The zero-order valence-electron chi connectivity index (χ0n) is 13.3. The molecule has 2 aromatic rings. The van der Waals surface area contributed by atoms with E-state index in [1.165, 1.54) is 0 Å². The molecule has 3 heterocycles. The van der Waals surface area contributed by atoms with E-state index >= 15 is 0 Å².